The Morgan fingerprint density at radius 3 is 2.39 bits per heavy atom. The molecule has 0 spiro atoms. The first-order valence-corrected chi connectivity index (χ1v) is 8.18. The molecular formula is C17H35N. The molecule has 3 unspecified atom stereocenters. The highest BCUT2D eigenvalue weighted by Crippen LogP contribution is 2.41. The molecule has 1 N–H and O–H groups in total. The predicted octanol–water partition coefficient (Wildman–Crippen LogP) is 5.01. The van der Waals surface area contributed by atoms with Crippen LogP contribution >= 0.6 is 0 Å². The van der Waals surface area contributed by atoms with Crippen LogP contribution in [-0.2, 0) is 0 Å². The molecule has 1 fully saturated rings. The molecule has 1 saturated carbocycles. The maximum absolute atomic E-state index is 3.67. The maximum Gasteiger partial charge on any atom is 0.00361 e. The van der Waals surface area contributed by atoms with Gasteiger partial charge >= 0.3 is 0 Å². The molecule has 0 saturated heterocycles. The van der Waals surface area contributed by atoms with E-state index in [0.717, 1.165) is 11.8 Å². The second-order valence-corrected chi connectivity index (χ2v) is 7.42. The van der Waals surface area contributed by atoms with Gasteiger partial charge < -0.3 is 5.32 Å². The fourth-order valence-electron chi connectivity index (χ4n) is 3.53. The first-order chi connectivity index (χ1) is 8.45. The van der Waals surface area contributed by atoms with E-state index in [1.54, 1.807) is 0 Å². The van der Waals surface area contributed by atoms with Crippen molar-refractivity contribution in [1.82, 2.24) is 5.32 Å². The van der Waals surface area contributed by atoms with E-state index in [9.17, 15) is 0 Å². The molecule has 1 rings (SSSR count). The normalized spacial score (nSPS) is 27.8. The van der Waals surface area contributed by atoms with Crippen LogP contribution in [0.15, 0.2) is 0 Å². The standard InChI is InChI=1S/C17H35N/c1-6-14(2)18-13-12-15-10-8-7-9-11-16(15)17(3,4)5/h14-16,18H,6-13H2,1-5H3. The predicted molar refractivity (Wildman–Crippen MR) is 81.9 cm³/mol. The molecule has 18 heavy (non-hydrogen) atoms. The Morgan fingerprint density at radius 1 is 1.11 bits per heavy atom. The molecule has 0 heterocycles. The number of nitrogens with one attached hydrogen (secondary N) is 1. The van der Waals surface area contributed by atoms with Crippen LogP contribution in [0.1, 0.15) is 79.6 Å². The smallest absolute Gasteiger partial charge is 0.00361 e. The van der Waals surface area contributed by atoms with Gasteiger partial charge in [-0.2, -0.15) is 0 Å². The van der Waals surface area contributed by atoms with Crippen molar-refractivity contribution in [3.63, 3.8) is 0 Å². The molecule has 1 aliphatic carbocycles. The van der Waals surface area contributed by atoms with Gasteiger partial charge in [0.05, 0.1) is 0 Å². The lowest BCUT2D eigenvalue weighted by molar-refractivity contribution is 0.139. The first-order valence-electron chi connectivity index (χ1n) is 8.18. The fourth-order valence-corrected chi connectivity index (χ4v) is 3.53. The van der Waals surface area contributed by atoms with E-state index in [4.69, 9.17) is 0 Å². The van der Waals surface area contributed by atoms with Gasteiger partial charge in [-0.25, -0.2) is 0 Å². The lowest BCUT2D eigenvalue weighted by atomic mass is 9.70. The molecule has 1 nitrogen and oxygen atoms in total. The number of hydrogen-bond acceptors (Lipinski definition) is 1. The van der Waals surface area contributed by atoms with Crippen molar-refractivity contribution >= 4 is 0 Å². The van der Waals surface area contributed by atoms with Gasteiger partial charge in [0.15, 0.2) is 0 Å². The van der Waals surface area contributed by atoms with Crippen LogP contribution in [0.4, 0.5) is 0 Å². The number of rotatable bonds is 5. The van der Waals surface area contributed by atoms with Crippen LogP contribution in [0.2, 0.25) is 0 Å². The van der Waals surface area contributed by atoms with E-state index in [0.29, 0.717) is 11.5 Å². The van der Waals surface area contributed by atoms with Crippen molar-refractivity contribution < 1.29 is 0 Å². The third kappa shape index (κ3) is 5.30. The Bertz CT molecular complexity index is 216. The lowest BCUT2D eigenvalue weighted by Gasteiger charge is -2.36. The molecule has 108 valence electrons. The van der Waals surface area contributed by atoms with Crippen molar-refractivity contribution in [3.8, 4) is 0 Å². The second-order valence-electron chi connectivity index (χ2n) is 7.42. The molecule has 0 aliphatic heterocycles. The zero-order valence-corrected chi connectivity index (χ0v) is 13.4. The van der Waals surface area contributed by atoms with Crippen LogP contribution in [0.25, 0.3) is 0 Å². The molecule has 0 bridgehead atoms. The van der Waals surface area contributed by atoms with Gasteiger partial charge in [-0.05, 0) is 50.0 Å². The Kier molecular flexibility index (Phi) is 6.70. The van der Waals surface area contributed by atoms with Gasteiger partial charge in [0.25, 0.3) is 0 Å². The largest absolute Gasteiger partial charge is 0.314 e. The molecule has 1 aliphatic rings. The Labute approximate surface area is 115 Å². The second kappa shape index (κ2) is 7.53. The minimum Gasteiger partial charge on any atom is -0.314 e. The zero-order chi connectivity index (χ0) is 13.6. The summed E-state index contributed by atoms with van der Waals surface area (Å²) in [5.74, 6) is 1.88. The van der Waals surface area contributed by atoms with Crippen LogP contribution in [-0.4, -0.2) is 12.6 Å². The van der Waals surface area contributed by atoms with Gasteiger partial charge in [0.2, 0.25) is 0 Å². The average Bonchev–Trinajstić information content (AvgIpc) is 2.53. The Balaban J connectivity index is 2.47. The van der Waals surface area contributed by atoms with Crippen LogP contribution in [0.5, 0.6) is 0 Å². The van der Waals surface area contributed by atoms with Crippen molar-refractivity contribution in [3.05, 3.63) is 0 Å². The SMILES string of the molecule is CCC(C)NCCC1CCCCCC1C(C)(C)C. The topological polar surface area (TPSA) is 12.0 Å². The van der Waals surface area contributed by atoms with Gasteiger partial charge in [-0.1, -0.05) is 53.4 Å². The van der Waals surface area contributed by atoms with Crippen LogP contribution < -0.4 is 5.32 Å². The summed E-state index contributed by atoms with van der Waals surface area (Å²) in [5.41, 5.74) is 0.491. The third-order valence-electron chi connectivity index (χ3n) is 4.89. The van der Waals surface area contributed by atoms with E-state index >= 15 is 0 Å². The van der Waals surface area contributed by atoms with Crippen molar-refractivity contribution in [2.24, 2.45) is 17.3 Å². The Hall–Kier alpha value is -0.0400. The molecular weight excluding hydrogens is 218 g/mol. The summed E-state index contributed by atoms with van der Waals surface area (Å²) >= 11 is 0. The molecule has 3 atom stereocenters. The number of hydrogen-bond donors (Lipinski definition) is 1. The summed E-state index contributed by atoms with van der Waals surface area (Å²) in [7, 11) is 0. The van der Waals surface area contributed by atoms with E-state index in [1.165, 1.54) is 51.5 Å². The highest BCUT2D eigenvalue weighted by Gasteiger charge is 2.32. The minimum atomic E-state index is 0.491. The lowest BCUT2D eigenvalue weighted by Crippen LogP contribution is -2.32. The molecule has 0 radical (unpaired) electrons. The van der Waals surface area contributed by atoms with E-state index in [-0.39, 0.29) is 0 Å². The summed E-state index contributed by atoms with van der Waals surface area (Å²) in [6.07, 6.45) is 9.92. The molecule has 0 amide bonds. The van der Waals surface area contributed by atoms with Crippen molar-refractivity contribution in [2.45, 2.75) is 85.6 Å². The highest BCUT2D eigenvalue weighted by atomic mass is 14.9. The highest BCUT2D eigenvalue weighted by molar-refractivity contribution is 4.83. The van der Waals surface area contributed by atoms with Gasteiger partial charge in [-0.3, -0.25) is 0 Å². The summed E-state index contributed by atoms with van der Waals surface area (Å²) in [5, 5.41) is 3.67. The molecule has 0 aromatic heterocycles. The van der Waals surface area contributed by atoms with Gasteiger partial charge in [0.1, 0.15) is 0 Å². The minimum absolute atomic E-state index is 0.491. The summed E-state index contributed by atoms with van der Waals surface area (Å²) in [4.78, 5) is 0. The van der Waals surface area contributed by atoms with Crippen LogP contribution in [0.3, 0.4) is 0 Å². The van der Waals surface area contributed by atoms with Crippen LogP contribution in [0, 0.1) is 17.3 Å². The Morgan fingerprint density at radius 2 is 1.78 bits per heavy atom. The van der Waals surface area contributed by atoms with Gasteiger partial charge in [0, 0.05) is 6.04 Å². The summed E-state index contributed by atoms with van der Waals surface area (Å²) < 4.78 is 0. The maximum atomic E-state index is 3.67. The molecule has 1 heteroatoms. The third-order valence-corrected chi connectivity index (χ3v) is 4.89. The average molecular weight is 253 g/mol. The van der Waals surface area contributed by atoms with E-state index in [1.807, 2.05) is 0 Å². The molecule has 0 aromatic rings. The van der Waals surface area contributed by atoms with Crippen molar-refractivity contribution in [1.29, 1.82) is 0 Å². The van der Waals surface area contributed by atoms with Gasteiger partial charge in [-0.15, -0.1) is 0 Å². The van der Waals surface area contributed by atoms with E-state index < -0.39 is 0 Å². The molecule has 0 aromatic carbocycles. The monoisotopic (exact) mass is 253 g/mol. The quantitative estimate of drug-likeness (QED) is 0.679. The summed E-state index contributed by atoms with van der Waals surface area (Å²) in [6.45, 7) is 13.1. The van der Waals surface area contributed by atoms with Crippen molar-refractivity contribution in [2.75, 3.05) is 6.54 Å². The van der Waals surface area contributed by atoms with E-state index in [2.05, 4.69) is 39.9 Å². The summed E-state index contributed by atoms with van der Waals surface area (Å²) in [6, 6.07) is 0.684. The zero-order valence-electron chi connectivity index (χ0n) is 13.4. The first kappa shape index (κ1) is 16.0. The fraction of sp³-hybridized carbons (Fsp3) is 1.00.